The van der Waals surface area contributed by atoms with Crippen molar-refractivity contribution in [3.63, 3.8) is 0 Å². The fourth-order valence-corrected chi connectivity index (χ4v) is 2.72. The average molecular weight is 276 g/mol. The maximum absolute atomic E-state index is 12.3. The molecule has 110 valence electrons. The van der Waals surface area contributed by atoms with Crippen molar-refractivity contribution in [3.05, 3.63) is 29.8 Å². The quantitative estimate of drug-likeness (QED) is 0.868. The van der Waals surface area contributed by atoms with Crippen molar-refractivity contribution in [1.82, 2.24) is 5.32 Å². The van der Waals surface area contributed by atoms with Crippen LogP contribution in [0.3, 0.4) is 0 Å². The zero-order chi connectivity index (χ0) is 14.4. The molecule has 0 bridgehead atoms. The van der Waals surface area contributed by atoms with E-state index in [-0.39, 0.29) is 11.4 Å². The molecular weight excluding hydrogens is 252 g/mol. The van der Waals surface area contributed by atoms with Gasteiger partial charge in [-0.25, -0.2) is 0 Å². The van der Waals surface area contributed by atoms with E-state index in [2.05, 4.69) is 5.32 Å². The van der Waals surface area contributed by atoms with Gasteiger partial charge in [-0.1, -0.05) is 31.4 Å². The van der Waals surface area contributed by atoms with Crippen LogP contribution in [0.5, 0.6) is 5.75 Å². The number of carbonyl (C=O) groups is 1. The van der Waals surface area contributed by atoms with Gasteiger partial charge in [0.05, 0.1) is 12.2 Å². The lowest BCUT2D eigenvalue weighted by Crippen LogP contribution is -2.51. The number of nitrogens with two attached hydrogens (primary N) is 1. The molecule has 1 fully saturated rings. The van der Waals surface area contributed by atoms with Crippen molar-refractivity contribution < 1.29 is 9.53 Å². The topological polar surface area (TPSA) is 64.3 Å². The van der Waals surface area contributed by atoms with Crippen LogP contribution in [0.1, 0.15) is 49.4 Å². The third-order valence-electron chi connectivity index (χ3n) is 3.88. The van der Waals surface area contributed by atoms with Crippen molar-refractivity contribution in [3.8, 4) is 5.75 Å². The van der Waals surface area contributed by atoms with Gasteiger partial charge in [-0.05, 0) is 31.9 Å². The van der Waals surface area contributed by atoms with Gasteiger partial charge in [0.15, 0.2) is 0 Å². The number of amides is 1. The summed E-state index contributed by atoms with van der Waals surface area (Å²) in [6.45, 7) is 2.99. The molecule has 1 aromatic rings. The molecule has 3 N–H and O–H groups in total. The van der Waals surface area contributed by atoms with Gasteiger partial charge in [-0.15, -0.1) is 0 Å². The van der Waals surface area contributed by atoms with Gasteiger partial charge in [0, 0.05) is 12.1 Å². The van der Waals surface area contributed by atoms with Crippen LogP contribution in [0.2, 0.25) is 0 Å². The number of para-hydroxylation sites is 1. The predicted molar refractivity (Wildman–Crippen MR) is 79.9 cm³/mol. The molecular formula is C16H24N2O2. The van der Waals surface area contributed by atoms with E-state index in [1.54, 1.807) is 6.07 Å². The normalized spacial score (nSPS) is 17.5. The number of benzene rings is 1. The Morgan fingerprint density at radius 3 is 2.70 bits per heavy atom. The largest absolute Gasteiger partial charge is 0.493 e. The van der Waals surface area contributed by atoms with Crippen LogP contribution >= 0.6 is 0 Å². The third-order valence-corrected chi connectivity index (χ3v) is 3.88. The van der Waals surface area contributed by atoms with Crippen LogP contribution in [0.25, 0.3) is 0 Å². The molecule has 0 heterocycles. The van der Waals surface area contributed by atoms with E-state index in [0.29, 0.717) is 24.5 Å². The van der Waals surface area contributed by atoms with Crippen molar-refractivity contribution in [2.75, 3.05) is 13.2 Å². The van der Waals surface area contributed by atoms with Crippen LogP contribution in [0, 0.1) is 0 Å². The van der Waals surface area contributed by atoms with Crippen LogP contribution in [-0.4, -0.2) is 24.6 Å². The third kappa shape index (κ3) is 3.73. The molecule has 4 heteroatoms. The zero-order valence-corrected chi connectivity index (χ0v) is 12.2. The van der Waals surface area contributed by atoms with Gasteiger partial charge < -0.3 is 15.8 Å². The Labute approximate surface area is 120 Å². The molecule has 1 aliphatic carbocycles. The lowest BCUT2D eigenvalue weighted by Gasteiger charge is -2.33. The first-order valence-corrected chi connectivity index (χ1v) is 7.43. The number of hydrogen-bond acceptors (Lipinski definition) is 3. The van der Waals surface area contributed by atoms with E-state index >= 15 is 0 Å². The highest BCUT2D eigenvalue weighted by atomic mass is 16.5. The summed E-state index contributed by atoms with van der Waals surface area (Å²) in [6.07, 6.45) is 5.53. The molecule has 0 atom stereocenters. The van der Waals surface area contributed by atoms with E-state index in [4.69, 9.17) is 10.5 Å². The average Bonchev–Trinajstić information content (AvgIpc) is 2.47. The molecule has 0 unspecified atom stereocenters. The number of hydrogen-bond donors (Lipinski definition) is 2. The molecule has 0 saturated heterocycles. The van der Waals surface area contributed by atoms with Crippen molar-refractivity contribution in [2.24, 2.45) is 5.73 Å². The second kappa shape index (κ2) is 6.75. The SMILES string of the molecule is CCOc1ccccc1C(=O)NCC1(N)CCCCC1. The highest BCUT2D eigenvalue weighted by Crippen LogP contribution is 2.25. The molecule has 2 rings (SSSR count). The zero-order valence-electron chi connectivity index (χ0n) is 12.2. The summed E-state index contributed by atoms with van der Waals surface area (Å²) in [5.74, 6) is 0.520. The summed E-state index contributed by atoms with van der Waals surface area (Å²) < 4.78 is 5.48. The van der Waals surface area contributed by atoms with Crippen molar-refractivity contribution in [1.29, 1.82) is 0 Å². The highest BCUT2D eigenvalue weighted by Gasteiger charge is 2.28. The van der Waals surface area contributed by atoms with Crippen molar-refractivity contribution in [2.45, 2.75) is 44.6 Å². The second-order valence-electron chi connectivity index (χ2n) is 5.53. The molecule has 0 radical (unpaired) electrons. The molecule has 20 heavy (non-hydrogen) atoms. The number of ether oxygens (including phenoxy) is 1. The first-order valence-electron chi connectivity index (χ1n) is 7.43. The van der Waals surface area contributed by atoms with Gasteiger partial charge in [-0.2, -0.15) is 0 Å². The van der Waals surface area contributed by atoms with Crippen LogP contribution < -0.4 is 15.8 Å². The standard InChI is InChI=1S/C16H24N2O2/c1-2-20-14-9-5-4-8-13(14)15(19)18-12-16(17)10-6-3-7-11-16/h4-5,8-9H,2-3,6-7,10-12,17H2,1H3,(H,18,19). The van der Waals surface area contributed by atoms with E-state index in [0.717, 1.165) is 25.7 Å². The Balaban J connectivity index is 1.98. The minimum atomic E-state index is -0.242. The molecule has 1 aliphatic rings. The fraction of sp³-hybridized carbons (Fsp3) is 0.562. The van der Waals surface area contributed by atoms with Gasteiger partial charge in [-0.3, -0.25) is 4.79 Å². The lowest BCUT2D eigenvalue weighted by atomic mass is 9.82. The lowest BCUT2D eigenvalue weighted by molar-refractivity contribution is 0.0934. The fourth-order valence-electron chi connectivity index (χ4n) is 2.72. The van der Waals surface area contributed by atoms with Gasteiger partial charge in [0.25, 0.3) is 5.91 Å². The summed E-state index contributed by atoms with van der Waals surface area (Å²) in [6, 6.07) is 7.31. The van der Waals surface area contributed by atoms with E-state index in [1.165, 1.54) is 6.42 Å². The molecule has 1 amide bonds. The number of nitrogens with one attached hydrogen (secondary N) is 1. The van der Waals surface area contributed by atoms with E-state index in [1.807, 2.05) is 25.1 Å². The van der Waals surface area contributed by atoms with Gasteiger partial charge >= 0.3 is 0 Å². The van der Waals surface area contributed by atoms with Crippen molar-refractivity contribution >= 4 is 5.91 Å². The molecule has 0 aromatic heterocycles. The number of carbonyl (C=O) groups excluding carboxylic acids is 1. The highest BCUT2D eigenvalue weighted by molar-refractivity contribution is 5.96. The molecule has 1 saturated carbocycles. The number of rotatable bonds is 5. The maximum Gasteiger partial charge on any atom is 0.255 e. The molecule has 0 spiro atoms. The van der Waals surface area contributed by atoms with E-state index < -0.39 is 0 Å². The molecule has 1 aromatic carbocycles. The van der Waals surface area contributed by atoms with Crippen LogP contribution in [0.4, 0.5) is 0 Å². The summed E-state index contributed by atoms with van der Waals surface area (Å²) in [5, 5.41) is 2.96. The Kier molecular flexibility index (Phi) is 5.01. The monoisotopic (exact) mass is 276 g/mol. The minimum absolute atomic E-state index is 0.107. The van der Waals surface area contributed by atoms with Gasteiger partial charge in [0.2, 0.25) is 0 Å². The van der Waals surface area contributed by atoms with E-state index in [9.17, 15) is 4.79 Å². The summed E-state index contributed by atoms with van der Waals surface area (Å²) in [5.41, 5.74) is 6.67. The molecule has 4 nitrogen and oxygen atoms in total. The first-order chi connectivity index (χ1) is 9.64. The second-order valence-corrected chi connectivity index (χ2v) is 5.53. The summed E-state index contributed by atoms with van der Waals surface area (Å²) in [7, 11) is 0. The Bertz CT molecular complexity index is 454. The molecule has 0 aliphatic heterocycles. The first kappa shape index (κ1) is 14.9. The van der Waals surface area contributed by atoms with Crippen LogP contribution in [-0.2, 0) is 0 Å². The smallest absolute Gasteiger partial charge is 0.255 e. The predicted octanol–water partition coefficient (Wildman–Crippen LogP) is 2.48. The summed E-state index contributed by atoms with van der Waals surface area (Å²) >= 11 is 0. The van der Waals surface area contributed by atoms with Gasteiger partial charge in [0.1, 0.15) is 5.75 Å². The van der Waals surface area contributed by atoms with Crippen LogP contribution in [0.15, 0.2) is 24.3 Å². The maximum atomic E-state index is 12.3. The summed E-state index contributed by atoms with van der Waals surface area (Å²) in [4.78, 5) is 12.3. The Morgan fingerprint density at radius 2 is 2.00 bits per heavy atom. The Hall–Kier alpha value is -1.55. The minimum Gasteiger partial charge on any atom is -0.493 e. The Morgan fingerprint density at radius 1 is 1.30 bits per heavy atom.